The molecule has 0 radical (unpaired) electrons. The second-order valence-electron chi connectivity index (χ2n) is 10.1. The summed E-state index contributed by atoms with van der Waals surface area (Å²) < 4.78 is 55.0. The molecule has 0 bridgehead atoms. The number of benzene rings is 2. The lowest BCUT2D eigenvalue weighted by molar-refractivity contribution is -0.154. The number of piperazine rings is 2. The quantitative estimate of drug-likeness (QED) is 0.427. The average molecular weight is 558 g/mol. The van der Waals surface area contributed by atoms with Crippen molar-refractivity contribution in [2.24, 2.45) is 0 Å². The lowest BCUT2D eigenvalue weighted by atomic mass is 9.81. The van der Waals surface area contributed by atoms with Crippen LogP contribution in [-0.4, -0.2) is 91.6 Å². The van der Waals surface area contributed by atoms with E-state index in [0.717, 1.165) is 19.6 Å². The van der Waals surface area contributed by atoms with E-state index in [2.05, 4.69) is 73.6 Å². The Bertz CT molecular complexity index is 1210. The van der Waals surface area contributed by atoms with Gasteiger partial charge in [-0.2, -0.15) is 23.1 Å². The normalized spacial score (nSPS) is 20.2. The summed E-state index contributed by atoms with van der Waals surface area (Å²) in [6, 6.07) is 21.2. The van der Waals surface area contributed by atoms with E-state index in [-0.39, 0.29) is 42.3 Å². The zero-order valence-corrected chi connectivity index (χ0v) is 22.6. The fourth-order valence-corrected chi connectivity index (χ4v) is 5.82. The topological polar surface area (TPSA) is 72.0 Å². The molecule has 40 heavy (non-hydrogen) atoms. The number of halogens is 3. The number of rotatable bonds is 9. The predicted octanol–water partition coefficient (Wildman–Crippen LogP) is 3.73. The molecule has 11 heteroatoms. The van der Waals surface area contributed by atoms with Crippen LogP contribution in [0, 0.1) is 0 Å². The van der Waals surface area contributed by atoms with Gasteiger partial charge in [0.25, 0.3) is 0 Å². The first kappa shape index (κ1) is 28.1. The van der Waals surface area contributed by atoms with Crippen molar-refractivity contribution in [1.29, 1.82) is 0 Å². The molecule has 3 heterocycles. The van der Waals surface area contributed by atoms with Crippen LogP contribution in [0.3, 0.4) is 0 Å². The van der Waals surface area contributed by atoms with Gasteiger partial charge in [-0.1, -0.05) is 60.7 Å². The summed E-state index contributed by atoms with van der Waals surface area (Å²) in [4.78, 5) is 13.2. The molecule has 5 rings (SSSR count). The summed E-state index contributed by atoms with van der Waals surface area (Å²) in [5, 5.41) is 3.51. The predicted molar refractivity (Wildman–Crippen MR) is 144 cm³/mol. The number of nitrogens with one attached hydrogen (secondary N) is 1. The molecule has 2 unspecified atom stereocenters. The van der Waals surface area contributed by atoms with E-state index in [1.54, 1.807) is 0 Å². The molecule has 214 valence electrons. The van der Waals surface area contributed by atoms with Gasteiger partial charge in [-0.15, -0.1) is 0 Å². The number of ether oxygens (including phenoxy) is 3. The number of hydrogen-bond acceptors (Lipinski definition) is 8. The Labute approximate surface area is 232 Å². The van der Waals surface area contributed by atoms with Crippen molar-refractivity contribution in [3.63, 3.8) is 0 Å². The zero-order chi connectivity index (χ0) is 28.1. The van der Waals surface area contributed by atoms with Crippen molar-refractivity contribution in [2.45, 2.75) is 30.7 Å². The van der Waals surface area contributed by atoms with Crippen LogP contribution in [-0.2, 0) is 6.54 Å². The lowest BCUT2D eigenvalue weighted by Gasteiger charge is -2.51. The summed E-state index contributed by atoms with van der Waals surface area (Å²) in [6.45, 7) is 2.81. The first-order valence-corrected chi connectivity index (χ1v) is 13.3. The van der Waals surface area contributed by atoms with Gasteiger partial charge in [0, 0.05) is 57.3 Å². The van der Waals surface area contributed by atoms with Crippen molar-refractivity contribution >= 4 is 0 Å². The fraction of sp³-hybridized carbons (Fsp3) is 0.448. The number of alkyl halides is 3. The fourth-order valence-electron chi connectivity index (χ4n) is 5.82. The lowest BCUT2D eigenvalue weighted by Crippen LogP contribution is -2.66. The molecule has 0 spiro atoms. The maximum absolute atomic E-state index is 13.1. The number of fused-ring (bicyclic) bond motifs is 1. The molecule has 2 atom stereocenters. The molecule has 3 aromatic rings. The summed E-state index contributed by atoms with van der Waals surface area (Å²) in [7, 11) is 2.76. The molecule has 1 N–H and O–H groups in total. The maximum atomic E-state index is 13.1. The second kappa shape index (κ2) is 12.4. The van der Waals surface area contributed by atoms with E-state index in [4.69, 9.17) is 14.2 Å². The Hall–Kier alpha value is -3.41. The molecule has 0 amide bonds. The molecule has 0 saturated carbocycles. The minimum absolute atomic E-state index is 0.0979. The minimum Gasteiger partial charge on any atom is -0.481 e. The van der Waals surface area contributed by atoms with E-state index in [9.17, 15) is 13.2 Å². The van der Waals surface area contributed by atoms with Crippen LogP contribution in [0.5, 0.6) is 17.8 Å². The second-order valence-corrected chi connectivity index (χ2v) is 10.1. The van der Waals surface area contributed by atoms with E-state index in [1.807, 2.05) is 12.1 Å². The van der Waals surface area contributed by atoms with Crippen molar-refractivity contribution in [3.05, 3.63) is 77.4 Å². The highest BCUT2D eigenvalue weighted by Crippen LogP contribution is 2.37. The largest absolute Gasteiger partial charge is 0.481 e. The van der Waals surface area contributed by atoms with Crippen LogP contribution in [0.2, 0.25) is 0 Å². The number of aromatic nitrogens is 2. The highest BCUT2D eigenvalue weighted by Gasteiger charge is 2.41. The molecule has 0 aliphatic carbocycles. The van der Waals surface area contributed by atoms with Gasteiger partial charge in [-0.3, -0.25) is 9.80 Å². The van der Waals surface area contributed by atoms with Gasteiger partial charge < -0.3 is 19.5 Å². The molecule has 2 saturated heterocycles. The molecule has 2 aliphatic rings. The minimum atomic E-state index is -4.52. The third-order valence-electron chi connectivity index (χ3n) is 7.48. The average Bonchev–Trinajstić information content (AvgIpc) is 2.97. The summed E-state index contributed by atoms with van der Waals surface area (Å²) in [5.41, 5.74) is 2.80. The van der Waals surface area contributed by atoms with Gasteiger partial charge in [0.2, 0.25) is 11.8 Å². The van der Waals surface area contributed by atoms with Gasteiger partial charge in [0.05, 0.1) is 19.8 Å². The van der Waals surface area contributed by atoms with Crippen molar-refractivity contribution in [2.75, 3.05) is 53.6 Å². The van der Waals surface area contributed by atoms with Gasteiger partial charge in [-0.25, -0.2) is 0 Å². The first-order chi connectivity index (χ1) is 19.4. The molecule has 1 aromatic heterocycles. The van der Waals surface area contributed by atoms with Crippen LogP contribution in [0.15, 0.2) is 60.7 Å². The Balaban J connectivity index is 1.51. The van der Waals surface area contributed by atoms with Crippen LogP contribution in [0.1, 0.15) is 22.6 Å². The van der Waals surface area contributed by atoms with Crippen LogP contribution < -0.4 is 19.5 Å². The molecular weight excluding hydrogens is 523 g/mol. The highest BCUT2D eigenvalue weighted by atomic mass is 19.4. The number of hydrogen-bond donors (Lipinski definition) is 1. The monoisotopic (exact) mass is 557 g/mol. The summed E-state index contributed by atoms with van der Waals surface area (Å²) in [6.07, 6.45) is -4.52. The summed E-state index contributed by atoms with van der Waals surface area (Å²) in [5.74, 6) is 0.0395. The van der Waals surface area contributed by atoms with Gasteiger partial charge in [0.1, 0.15) is 0 Å². The van der Waals surface area contributed by atoms with Crippen molar-refractivity contribution in [3.8, 4) is 17.8 Å². The number of nitrogens with zero attached hydrogens (tertiary/aromatic N) is 4. The Morgan fingerprint density at radius 3 is 2.17 bits per heavy atom. The highest BCUT2D eigenvalue weighted by molar-refractivity contribution is 5.38. The van der Waals surface area contributed by atoms with Crippen LogP contribution in [0.4, 0.5) is 13.2 Å². The maximum Gasteiger partial charge on any atom is 0.422 e. The third-order valence-corrected chi connectivity index (χ3v) is 7.48. The molecule has 8 nitrogen and oxygen atoms in total. The van der Waals surface area contributed by atoms with E-state index >= 15 is 0 Å². The van der Waals surface area contributed by atoms with E-state index in [1.165, 1.54) is 25.3 Å². The molecule has 2 aliphatic heterocycles. The third kappa shape index (κ3) is 6.48. The van der Waals surface area contributed by atoms with Crippen molar-refractivity contribution < 1.29 is 27.4 Å². The smallest absolute Gasteiger partial charge is 0.422 e. The van der Waals surface area contributed by atoms with Gasteiger partial charge in [-0.05, 0) is 11.1 Å². The van der Waals surface area contributed by atoms with E-state index < -0.39 is 12.8 Å². The van der Waals surface area contributed by atoms with Gasteiger partial charge >= 0.3 is 12.2 Å². The van der Waals surface area contributed by atoms with Crippen LogP contribution >= 0.6 is 0 Å². The van der Waals surface area contributed by atoms with Crippen molar-refractivity contribution in [1.82, 2.24) is 25.1 Å². The molecule has 2 aromatic carbocycles. The van der Waals surface area contributed by atoms with Gasteiger partial charge in [0.15, 0.2) is 6.61 Å². The van der Waals surface area contributed by atoms with E-state index in [0.29, 0.717) is 18.7 Å². The van der Waals surface area contributed by atoms with Crippen LogP contribution in [0.25, 0.3) is 0 Å². The first-order valence-electron chi connectivity index (χ1n) is 13.3. The SMILES string of the molecule is COc1nc(OC)c(CN2CC3CNCCN3C(C(c3ccccc3)c3ccccc3)C2)c(OCC(F)(F)F)n1. The Kier molecular flexibility index (Phi) is 8.72. The Morgan fingerprint density at radius 1 is 0.925 bits per heavy atom. The Morgan fingerprint density at radius 2 is 1.57 bits per heavy atom. The standard InChI is InChI=1S/C29H34F3N5O3/c1-38-26-23(27(35-28(34-26)39-2)40-19-29(30,31)32)17-36-16-22-15-33-13-14-37(22)24(18-36)25(20-9-5-3-6-10-20)21-11-7-4-8-12-21/h3-12,22,24-25,33H,13-19H2,1-2H3. The molecule has 2 fully saturated rings. The summed E-state index contributed by atoms with van der Waals surface area (Å²) >= 11 is 0. The zero-order valence-electron chi connectivity index (χ0n) is 22.6. The molecular formula is C29H34F3N5O3. The number of methoxy groups -OCH3 is 2.